The van der Waals surface area contributed by atoms with E-state index in [1.807, 2.05) is 6.07 Å². The number of carbonyl (C=O) groups excluding carboxylic acids is 1. The number of thiazole rings is 1. The lowest BCUT2D eigenvalue weighted by Crippen LogP contribution is -1.86. The van der Waals surface area contributed by atoms with Crippen molar-refractivity contribution in [2.45, 2.75) is 0 Å². The molecule has 0 N–H and O–H groups in total. The van der Waals surface area contributed by atoms with E-state index in [4.69, 9.17) is 5.26 Å². The Labute approximate surface area is 83.4 Å². The Morgan fingerprint density at radius 3 is 3.14 bits per heavy atom. The molecule has 0 aliphatic carbocycles. The van der Waals surface area contributed by atoms with Crippen molar-refractivity contribution in [2.24, 2.45) is 0 Å². The molecule has 14 heavy (non-hydrogen) atoms. The molecule has 0 aliphatic rings. The van der Waals surface area contributed by atoms with Gasteiger partial charge in [-0.3, -0.25) is 4.79 Å². The maximum Gasteiger partial charge on any atom is 0.298 e. The Kier molecular flexibility index (Phi) is 2.13. The molecule has 0 spiro atoms. The molecule has 4 nitrogen and oxygen atoms in total. The summed E-state index contributed by atoms with van der Waals surface area (Å²) in [4.78, 5) is 14.1. The van der Waals surface area contributed by atoms with E-state index in [2.05, 4.69) is 9.72 Å². The largest absolute Gasteiger partial charge is 0.429 e. The van der Waals surface area contributed by atoms with E-state index < -0.39 is 0 Å². The number of hydrogen-bond acceptors (Lipinski definition) is 5. The molecule has 0 fully saturated rings. The van der Waals surface area contributed by atoms with Gasteiger partial charge in [0.05, 0.1) is 10.2 Å². The molecule has 0 amide bonds. The molecule has 5 heteroatoms. The highest BCUT2D eigenvalue weighted by atomic mass is 32.1. The normalized spacial score (nSPS) is 9.64. The molecule has 2 aromatic rings. The van der Waals surface area contributed by atoms with Gasteiger partial charge >= 0.3 is 0 Å². The third-order valence-electron chi connectivity index (χ3n) is 1.64. The second kappa shape index (κ2) is 3.44. The highest BCUT2D eigenvalue weighted by Crippen LogP contribution is 2.25. The van der Waals surface area contributed by atoms with Gasteiger partial charge in [-0.05, 0) is 12.1 Å². The average Bonchev–Trinajstić information content (AvgIpc) is 2.60. The lowest BCUT2D eigenvalue weighted by Gasteiger charge is -1.94. The zero-order chi connectivity index (χ0) is 9.97. The summed E-state index contributed by atoms with van der Waals surface area (Å²) in [6, 6.07) is 7.00. The summed E-state index contributed by atoms with van der Waals surface area (Å²) in [5.74, 6) is 0.459. The second-order valence-corrected chi connectivity index (χ2v) is 3.51. The number of ether oxygens (including phenoxy) is 1. The minimum absolute atomic E-state index is 0.368. The molecule has 68 valence electrons. The van der Waals surface area contributed by atoms with E-state index in [1.54, 1.807) is 18.2 Å². The molecular formula is C9H4N2O2S. The fraction of sp³-hybridized carbons (Fsp3) is 0. The second-order valence-electron chi connectivity index (χ2n) is 2.47. The molecule has 1 aromatic carbocycles. The number of carbonyl (C=O) groups is 1. The van der Waals surface area contributed by atoms with Gasteiger partial charge in [0, 0.05) is 6.07 Å². The molecule has 1 heterocycles. The van der Waals surface area contributed by atoms with Crippen LogP contribution in [0.2, 0.25) is 0 Å². The van der Waals surface area contributed by atoms with E-state index in [0.717, 1.165) is 10.2 Å². The first kappa shape index (κ1) is 8.66. The molecule has 0 saturated carbocycles. The first-order valence-electron chi connectivity index (χ1n) is 3.74. The average molecular weight is 204 g/mol. The van der Waals surface area contributed by atoms with Gasteiger partial charge in [-0.2, -0.15) is 5.26 Å². The Balaban J connectivity index is 2.55. The molecule has 0 atom stereocenters. The summed E-state index contributed by atoms with van der Waals surface area (Å²) in [6.45, 7) is 0.368. The molecular weight excluding hydrogens is 200 g/mol. The summed E-state index contributed by atoms with van der Waals surface area (Å²) in [7, 11) is 0. The van der Waals surface area contributed by atoms with E-state index >= 15 is 0 Å². The van der Waals surface area contributed by atoms with Crippen LogP contribution in [0, 0.1) is 11.3 Å². The van der Waals surface area contributed by atoms with Gasteiger partial charge in [0.25, 0.3) is 6.47 Å². The van der Waals surface area contributed by atoms with Crippen molar-refractivity contribution in [3.05, 3.63) is 23.2 Å². The maximum atomic E-state index is 10.1. The van der Waals surface area contributed by atoms with Crippen LogP contribution < -0.4 is 4.74 Å². The summed E-state index contributed by atoms with van der Waals surface area (Å²) in [5.41, 5.74) is 0.741. The minimum Gasteiger partial charge on any atom is -0.429 e. The van der Waals surface area contributed by atoms with Gasteiger partial charge in [-0.1, -0.05) is 0 Å². The van der Waals surface area contributed by atoms with E-state index in [1.165, 1.54) is 11.3 Å². The number of nitrogens with zero attached hydrogens (tertiary/aromatic N) is 2. The predicted octanol–water partition coefficient (Wildman–Crippen LogP) is 1.70. The lowest BCUT2D eigenvalue weighted by atomic mass is 10.3. The van der Waals surface area contributed by atoms with Crippen LogP contribution in [0.25, 0.3) is 10.2 Å². The summed E-state index contributed by atoms with van der Waals surface area (Å²) < 4.78 is 5.51. The highest BCUT2D eigenvalue weighted by Gasteiger charge is 2.03. The monoisotopic (exact) mass is 204 g/mol. The Morgan fingerprint density at radius 2 is 2.43 bits per heavy atom. The number of fused-ring (bicyclic) bond motifs is 1. The molecule has 0 unspecified atom stereocenters. The summed E-state index contributed by atoms with van der Waals surface area (Å²) in [6.07, 6.45) is 0. The van der Waals surface area contributed by atoms with Crippen LogP contribution in [0.1, 0.15) is 5.01 Å². The minimum atomic E-state index is 0.368. The van der Waals surface area contributed by atoms with Crippen molar-refractivity contribution in [3.8, 4) is 11.8 Å². The van der Waals surface area contributed by atoms with E-state index in [-0.39, 0.29) is 0 Å². The highest BCUT2D eigenvalue weighted by molar-refractivity contribution is 7.19. The Morgan fingerprint density at radius 1 is 1.57 bits per heavy atom. The van der Waals surface area contributed by atoms with Gasteiger partial charge < -0.3 is 4.74 Å². The first-order valence-corrected chi connectivity index (χ1v) is 4.56. The van der Waals surface area contributed by atoms with Gasteiger partial charge in [0.2, 0.25) is 0 Å². The molecule has 0 saturated heterocycles. The van der Waals surface area contributed by atoms with Crippen LogP contribution >= 0.6 is 11.3 Å². The van der Waals surface area contributed by atoms with E-state index in [0.29, 0.717) is 17.2 Å². The van der Waals surface area contributed by atoms with Crippen molar-refractivity contribution >= 4 is 28.0 Å². The zero-order valence-electron chi connectivity index (χ0n) is 6.93. The molecule has 0 radical (unpaired) electrons. The standard InChI is InChI=1S/C9H4N2O2S/c10-4-9-11-7-2-1-6(13-5-12)3-8(7)14-9/h1-3,5H. The first-order chi connectivity index (χ1) is 6.83. The van der Waals surface area contributed by atoms with Crippen molar-refractivity contribution in [3.63, 3.8) is 0 Å². The van der Waals surface area contributed by atoms with Crippen LogP contribution in [0.3, 0.4) is 0 Å². The van der Waals surface area contributed by atoms with Crippen molar-refractivity contribution < 1.29 is 9.53 Å². The zero-order valence-corrected chi connectivity index (χ0v) is 7.75. The number of benzene rings is 1. The number of nitriles is 1. The third-order valence-corrected chi connectivity index (χ3v) is 2.56. The Hall–Kier alpha value is -1.93. The van der Waals surface area contributed by atoms with Gasteiger partial charge in [0.1, 0.15) is 11.8 Å². The van der Waals surface area contributed by atoms with Gasteiger partial charge in [-0.25, -0.2) is 4.98 Å². The molecule has 0 aliphatic heterocycles. The summed E-state index contributed by atoms with van der Waals surface area (Å²) in [5, 5.41) is 9.03. The fourth-order valence-electron chi connectivity index (χ4n) is 1.08. The van der Waals surface area contributed by atoms with Crippen LogP contribution in [-0.4, -0.2) is 11.5 Å². The van der Waals surface area contributed by atoms with Crippen molar-refractivity contribution in [2.75, 3.05) is 0 Å². The maximum absolute atomic E-state index is 10.1. The van der Waals surface area contributed by atoms with Gasteiger partial charge in [-0.15, -0.1) is 11.3 Å². The quantitative estimate of drug-likeness (QED) is 0.698. The number of aromatic nitrogens is 1. The predicted molar refractivity (Wildman–Crippen MR) is 51.0 cm³/mol. The van der Waals surface area contributed by atoms with Crippen LogP contribution in [-0.2, 0) is 4.79 Å². The summed E-state index contributed by atoms with van der Waals surface area (Å²) >= 11 is 1.27. The SMILES string of the molecule is N#Cc1nc2ccc(OC=O)cc2s1. The fourth-order valence-corrected chi connectivity index (χ4v) is 1.87. The molecule has 0 bridgehead atoms. The topological polar surface area (TPSA) is 63.0 Å². The molecule has 2 rings (SSSR count). The van der Waals surface area contributed by atoms with E-state index in [9.17, 15) is 4.79 Å². The number of rotatable bonds is 2. The molecule has 1 aromatic heterocycles. The van der Waals surface area contributed by atoms with Crippen molar-refractivity contribution in [1.29, 1.82) is 5.26 Å². The third kappa shape index (κ3) is 1.43. The van der Waals surface area contributed by atoms with Crippen LogP contribution in [0.15, 0.2) is 18.2 Å². The number of hydrogen-bond donors (Lipinski definition) is 0. The lowest BCUT2D eigenvalue weighted by molar-refractivity contribution is -0.120. The van der Waals surface area contributed by atoms with Crippen molar-refractivity contribution in [1.82, 2.24) is 4.98 Å². The van der Waals surface area contributed by atoms with Gasteiger partial charge in [0.15, 0.2) is 5.01 Å². The smallest absolute Gasteiger partial charge is 0.298 e. The Bertz CT molecular complexity index is 527. The van der Waals surface area contributed by atoms with Crippen LogP contribution in [0.5, 0.6) is 5.75 Å². The van der Waals surface area contributed by atoms with Crippen LogP contribution in [0.4, 0.5) is 0 Å².